The molecule has 3 unspecified atom stereocenters. The maximum absolute atomic E-state index is 6.14. The second-order valence-corrected chi connectivity index (χ2v) is 11.7. The molecule has 6 rings (SSSR count). The van der Waals surface area contributed by atoms with Crippen LogP contribution in [0.1, 0.15) is 48.4 Å². The van der Waals surface area contributed by atoms with E-state index in [2.05, 4.69) is 79.8 Å². The summed E-state index contributed by atoms with van der Waals surface area (Å²) in [6.45, 7) is 5.67. The first-order valence-electron chi connectivity index (χ1n) is 16.2. The highest BCUT2D eigenvalue weighted by molar-refractivity contribution is 5.71. The monoisotopic (exact) mass is 618 g/mol. The summed E-state index contributed by atoms with van der Waals surface area (Å²) in [7, 11) is 0. The first kappa shape index (κ1) is 31.5. The highest BCUT2D eigenvalue weighted by Gasteiger charge is 2.23. The van der Waals surface area contributed by atoms with Crippen LogP contribution in [0.2, 0.25) is 0 Å². The van der Waals surface area contributed by atoms with Gasteiger partial charge in [-0.15, -0.1) is 0 Å². The topological polar surface area (TPSA) is 62.0 Å². The van der Waals surface area contributed by atoms with Gasteiger partial charge in [0.05, 0.1) is 25.9 Å². The molecule has 3 atom stereocenters. The van der Waals surface area contributed by atoms with E-state index in [4.69, 9.17) is 28.4 Å². The van der Waals surface area contributed by atoms with Crippen LogP contribution in [0.5, 0.6) is 23.0 Å². The van der Waals surface area contributed by atoms with Gasteiger partial charge in [-0.05, 0) is 97.0 Å². The van der Waals surface area contributed by atoms with Crippen LogP contribution in [0, 0.1) is 0 Å². The molecule has 2 heterocycles. The third-order valence-electron chi connectivity index (χ3n) is 7.74. The summed E-state index contributed by atoms with van der Waals surface area (Å²) < 4.78 is 33.9. The third kappa shape index (κ3) is 10.8. The van der Waals surface area contributed by atoms with Gasteiger partial charge in [-0.2, -0.15) is 0 Å². The van der Waals surface area contributed by atoms with E-state index in [1.54, 1.807) is 0 Å². The zero-order valence-corrected chi connectivity index (χ0v) is 26.4. The number of hydrogen-bond acceptors (Lipinski definition) is 6. The molecule has 0 spiro atoms. The maximum atomic E-state index is 6.14. The second-order valence-electron chi connectivity index (χ2n) is 11.7. The van der Waals surface area contributed by atoms with Crippen molar-refractivity contribution in [3.8, 4) is 23.0 Å². The Morgan fingerprint density at radius 1 is 0.543 bits per heavy atom. The molecule has 0 aliphatic carbocycles. The fourth-order valence-corrected chi connectivity index (χ4v) is 4.79. The highest BCUT2D eigenvalue weighted by atomic mass is 16.6. The Morgan fingerprint density at radius 2 is 0.913 bits per heavy atom. The van der Waals surface area contributed by atoms with Crippen molar-refractivity contribution in [2.75, 3.05) is 33.0 Å². The number of benzene rings is 4. The van der Waals surface area contributed by atoms with Crippen molar-refractivity contribution in [3.63, 3.8) is 0 Å². The smallest absolute Gasteiger partial charge is 0.119 e. The van der Waals surface area contributed by atoms with Crippen molar-refractivity contribution in [1.82, 2.24) is 0 Å². The Morgan fingerprint density at radius 3 is 1.30 bits per heavy atom. The summed E-state index contributed by atoms with van der Waals surface area (Å²) in [5, 5.41) is 0. The lowest BCUT2D eigenvalue weighted by Crippen LogP contribution is -2.12. The first-order chi connectivity index (χ1) is 22.6. The predicted octanol–water partition coefficient (Wildman–Crippen LogP) is 8.60. The summed E-state index contributed by atoms with van der Waals surface area (Å²) in [6, 6.07) is 32.7. The summed E-state index contributed by atoms with van der Waals surface area (Å²) >= 11 is 0. The molecule has 4 aromatic carbocycles. The summed E-state index contributed by atoms with van der Waals surface area (Å²) in [6.07, 6.45) is 12.1. The second kappa shape index (κ2) is 16.2. The van der Waals surface area contributed by atoms with Crippen LogP contribution in [0.25, 0.3) is 24.3 Å². The molecular formula is C40H42O6. The molecule has 2 saturated heterocycles. The van der Waals surface area contributed by atoms with Gasteiger partial charge in [-0.25, -0.2) is 0 Å². The van der Waals surface area contributed by atoms with E-state index >= 15 is 0 Å². The fourth-order valence-electron chi connectivity index (χ4n) is 4.79. The third-order valence-corrected chi connectivity index (χ3v) is 7.74. The van der Waals surface area contributed by atoms with Gasteiger partial charge in [0.15, 0.2) is 0 Å². The van der Waals surface area contributed by atoms with Crippen LogP contribution < -0.4 is 18.9 Å². The average molecular weight is 619 g/mol. The van der Waals surface area contributed by atoms with Crippen LogP contribution in [-0.2, 0) is 9.47 Å². The Bertz CT molecular complexity index is 1530. The molecule has 238 valence electrons. The Kier molecular flexibility index (Phi) is 11.1. The molecule has 6 nitrogen and oxygen atoms in total. The standard InChI is InChI=1S/C40H42O6/c1-30(46-38-23-15-34(16-24-38)8-7-33-13-21-37(22-14-33)43-27-40-29-45-40)4-2-3-25-41-35-17-9-31(10-18-35)5-6-32-11-19-36(20-12-32)42-26-39-28-44-39/h5-24,30,39-40H,2-4,25-29H2,1H3. The quantitative estimate of drug-likeness (QED) is 0.0632. The van der Waals surface area contributed by atoms with Crippen LogP contribution in [0.3, 0.4) is 0 Å². The Labute approximate surface area is 272 Å². The normalized spacial score (nSPS) is 17.6. The molecule has 0 bridgehead atoms. The van der Waals surface area contributed by atoms with Crippen molar-refractivity contribution < 1.29 is 28.4 Å². The highest BCUT2D eigenvalue weighted by Crippen LogP contribution is 2.21. The van der Waals surface area contributed by atoms with Crippen LogP contribution >= 0.6 is 0 Å². The largest absolute Gasteiger partial charge is 0.494 e. The summed E-state index contributed by atoms with van der Waals surface area (Å²) in [5.74, 6) is 3.52. The predicted molar refractivity (Wildman–Crippen MR) is 184 cm³/mol. The number of ether oxygens (including phenoxy) is 6. The number of epoxide rings is 2. The fraction of sp³-hybridized carbons (Fsp3) is 0.300. The molecule has 2 aliphatic rings. The van der Waals surface area contributed by atoms with Gasteiger partial charge in [0, 0.05) is 0 Å². The van der Waals surface area contributed by atoms with E-state index in [-0.39, 0.29) is 18.3 Å². The van der Waals surface area contributed by atoms with E-state index in [1.807, 2.05) is 48.5 Å². The van der Waals surface area contributed by atoms with Crippen LogP contribution in [0.15, 0.2) is 97.1 Å². The molecular weight excluding hydrogens is 576 g/mol. The van der Waals surface area contributed by atoms with E-state index in [1.165, 1.54) is 0 Å². The minimum absolute atomic E-state index is 0.140. The first-order valence-corrected chi connectivity index (χ1v) is 16.2. The van der Waals surface area contributed by atoms with E-state index < -0.39 is 0 Å². The molecule has 0 radical (unpaired) electrons. The molecule has 4 aromatic rings. The Balaban J connectivity index is 0.840. The molecule has 0 aromatic heterocycles. The molecule has 0 saturated carbocycles. The van der Waals surface area contributed by atoms with E-state index in [0.29, 0.717) is 19.8 Å². The number of unbranched alkanes of at least 4 members (excludes halogenated alkanes) is 1. The molecule has 0 N–H and O–H groups in total. The lowest BCUT2D eigenvalue weighted by Gasteiger charge is -2.15. The van der Waals surface area contributed by atoms with Crippen molar-refractivity contribution in [2.24, 2.45) is 0 Å². The van der Waals surface area contributed by atoms with Gasteiger partial charge in [0.25, 0.3) is 0 Å². The van der Waals surface area contributed by atoms with Crippen molar-refractivity contribution >= 4 is 24.3 Å². The van der Waals surface area contributed by atoms with Gasteiger partial charge >= 0.3 is 0 Å². The van der Waals surface area contributed by atoms with E-state index in [0.717, 1.165) is 77.7 Å². The van der Waals surface area contributed by atoms with Gasteiger partial charge < -0.3 is 28.4 Å². The van der Waals surface area contributed by atoms with Crippen LogP contribution in [-0.4, -0.2) is 51.3 Å². The van der Waals surface area contributed by atoms with Gasteiger partial charge in [0.2, 0.25) is 0 Å². The van der Waals surface area contributed by atoms with Crippen molar-refractivity contribution in [3.05, 3.63) is 119 Å². The average Bonchev–Trinajstić information content (AvgIpc) is 4.03. The summed E-state index contributed by atoms with van der Waals surface area (Å²) in [5.41, 5.74) is 4.51. The van der Waals surface area contributed by atoms with Crippen molar-refractivity contribution in [1.29, 1.82) is 0 Å². The zero-order chi connectivity index (χ0) is 31.4. The minimum Gasteiger partial charge on any atom is -0.494 e. The lowest BCUT2D eigenvalue weighted by molar-refractivity contribution is 0.201. The van der Waals surface area contributed by atoms with Gasteiger partial charge in [0.1, 0.15) is 48.4 Å². The zero-order valence-electron chi connectivity index (χ0n) is 26.4. The summed E-state index contributed by atoms with van der Waals surface area (Å²) in [4.78, 5) is 0. The SMILES string of the molecule is CC(CCCCOc1ccc(C=Cc2ccc(OCC3CO3)cc2)cc1)Oc1ccc(C=Cc2ccc(OCC3CO3)cc2)cc1. The molecule has 2 fully saturated rings. The maximum Gasteiger partial charge on any atom is 0.119 e. The molecule has 2 aliphatic heterocycles. The van der Waals surface area contributed by atoms with Gasteiger partial charge in [-0.1, -0.05) is 72.8 Å². The minimum atomic E-state index is 0.140. The molecule has 0 amide bonds. The van der Waals surface area contributed by atoms with Crippen molar-refractivity contribution in [2.45, 2.75) is 44.5 Å². The molecule has 46 heavy (non-hydrogen) atoms. The van der Waals surface area contributed by atoms with Gasteiger partial charge in [-0.3, -0.25) is 0 Å². The molecule has 6 heteroatoms. The van der Waals surface area contributed by atoms with E-state index in [9.17, 15) is 0 Å². The Hall–Kier alpha value is -4.52. The lowest BCUT2D eigenvalue weighted by atomic mass is 10.1. The van der Waals surface area contributed by atoms with Crippen LogP contribution in [0.4, 0.5) is 0 Å². The number of rotatable bonds is 18. The number of hydrogen-bond donors (Lipinski definition) is 0.